The van der Waals surface area contributed by atoms with E-state index in [1.54, 1.807) is 0 Å². The summed E-state index contributed by atoms with van der Waals surface area (Å²) >= 11 is 0. The van der Waals surface area contributed by atoms with Crippen molar-refractivity contribution in [1.29, 1.82) is 0 Å². The molecule has 0 aromatic heterocycles. The number of guanidine groups is 1. The van der Waals surface area contributed by atoms with Gasteiger partial charge in [0.05, 0.1) is 6.54 Å². The smallest absolute Gasteiger partial charge is 0.225 e. The highest BCUT2D eigenvalue weighted by Crippen LogP contribution is 2.26. The number of hydrogen-bond acceptors (Lipinski definition) is 3. The Morgan fingerprint density at radius 2 is 1.76 bits per heavy atom. The fourth-order valence-electron chi connectivity index (χ4n) is 4.05. The number of aliphatic imine (C=N–C) groups is 1. The van der Waals surface area contributed by atoms with Gasteiger partial charge in [0, 0.05) is 51.7 Å². The monoisotopic (exact) mass is 513 g/mol. The predicted octanol–water partition coefficient (Wildman–Crippen LogP) is 2.69. The average Bonchev–Trinajstić information content (AvgIpc) is 3.28. The van der Waals surface area contributed by atoms with Crippen LogP contribution in [0, 0.1) is 5.92 Å². The molecule has 1 amide bonds. The molecule has 6 nitrogen and oxygen atoms in total. The second-order valence-corrected chi connectivity index (χ2v) is 7.76. The standard InChI is InChI=1S/C22H35N5O.HI/c1-2-23-22(25-18-19-8-4-3-5-9-19)24-12-13-26-14-16-27(17-15-26)21(28)20-10-6-7-11-20;/h3-5,8-9,20H,2,6-7,10-18H2,1H3,(H2,23,24,25);1H. The zero-order valence-electron chi connectivity index (χ0n) is 17.6. The van der Waals surface area contributed by atoms with E-state index < -0.39 is 0 Å². The molecule has 1 aliphatic heterocycles. The van der Waals surface area contributed by atoms with Gasteiger partial charge >= 0.3 is 0 Å². The molecule has 1 aromatic rings. The third-order valence-electron chi connectivity index (χ3n) is 5.72. The average molecular weight is 513 g/mol. The number of carbonyl (C=O) groups excluding carboxylic acids is 1. The second-order valence-electron chi connectivity index (χ2n) is 7.76. The van der Waals surface area contributed by atoms with E-state index in [0.29, 0.717) is 18.4 Å². The summed E-state index contributed by atoms with van der Waals surface area (Å²) in [6, 6.07) is 10.3. The number of halogens is 1. The van der Waals surface area contributed by atoms with Crippen LogP contribution in [0.3, 0.4) is 0 Å². The van der Waals surface area contributed by atoms with E-state index in [1.165, 1.54) is 18.4 Å². The van der Waals surface area contributed by atoms with Crippen molar-refractivity contribution in [2.45, 2.75) is 39.2 Å². The third kappa shape index (κ3) is 7.77. The van der Waals surface area contributed by atoms with Gasteiger partial charge in [0.1, 0.15) is 0 Å². The fraction of sp³-hybridized carbons (Fsp3) is 0.636. The van der Waals surface area contributed by atoms with Crippen molar-refractivity contribution in [1.82, 2.24) is 20.4 Å². The van der Waals surface area contributed by atoms with Crippen LogP contribution in [0.25, 0.3) is 0 Å². The molecule has 2 aliphatic rings. The van der Waals surface area contributed by atoms with Crippen molar-refractivity contribution in [3.05, 3.63) is 35.9 Å². The number of benzene rings is 1. The maximum absolute atomic E-state index is 12.5. The molecule has 0 bridgehead atoms. The van der Waals surface area contributed by atoms with E-state index in [4.69, 9.17) is 0 Å². The molecular weight excluding hydrogens is 477 g/mol. The predicted molar refractivity (Wildman–Crippen MR) is 130 cm³/mol. The molecule has 0 radical (unpaired) electrons. The van der Waals surface area contributed by atoms with Crippen LogP contribution in [-0.2, 0) is 11.3 Å². The van der Waals surface area contributed by atoms with Gasteiger partial charge in [-0.15, -0.1) is 24.0 Å². The normalized spacial score (nSPS) is 18.4. The maximum atomic E-state index is 12.5. The molecule has 1 heterocycles. The van der Waals surface area contributed by atoms with Crippen LogP contribution in [0.5, 0.6) is 0 Å². The van der Waals surface area contributed by atoms with Crippen LogP contribution in [0.15, 0.2) is 35.3 Å². The zero-order valence-corrected chi connectivity index (χ0v) is 19.9. The van der Waals surface area contributed by atoms with E-state index in [9.17, 15) is 4.79 Å². The first-order valence-corrected chi connectivity index (χ1v) is 10.8. The molecular formula is C22H36IN5O. The Kier molecular flexibility index (Phi) is 10.8. The van der Waals surface area contributed by atoms with Gasteiger partial charge in [-0.25, -0.2) is 4.99 Å². The quantitative estimate of drug-likeness (QED) is 0.335. The number of hydrogen-bond donors (Lipinski definition) is 2. The number of nitrogens with zero attached hydrogens (tertiary/aromatic N) is 3. The molecule has 1 aromatic carbocycles. The molecule has 7 heteroatoms. The third-order valence-corrected chi connectivity index (χ3v) is 5.72. The van der Waals surface area contributed by atoms with Gasteiger partial charge in [-0.2, -0.15) is 0 Å². The van der Waals surface area contributed by atoms with Crippen molar-refractivity contribution in [3.8, 4) is 0 Å². The number of nitrogens with one attached hydrogen (secondary N) is 2. The zero-order chi connectivity index (χ0) is 19.6. The Morgan fingerprint density at radius 3 is 2.41 bits per heavy atom. The summed E-state index contributed by atoms with van der Waals surface area (Å²) in [5.74, 6) is 1.57. The fourth-order valence-corrected chi connectivity index (χ4v) is 4.05. The SMILES string of the molecule is CCNC(=NCc1ccccc1)NCCN1CCN(C(=O)C2CCCC2)CC1.I. The summed E-state index contributed by atoms with van der Waals surface area (Å²) in [6.07, 6.45) is 4.64. The van der Waals surface area contributed by atoms with Gasteiger partial charge in [-0.3, -0.25) is 9.69 Å². The highest BCUT2D eigenvalue weighted by molar-refractivity contribution is 14.0. The molecule has 162 valence electrons. The first kappa shape index (κ1) is 23.9. The lowest BCUT2D eigenvalue weighted by Crippen LogP contribution is -2.51. The summed E-state index contributed by atoms with van der Waals surface area (Å²) in [7, 11) is 0. The Balaban J connectivity index is 0.00000300. The number of piperazine rings is 1. The van der Waals surface area contributed by atoms with Crippen molar-refractivity contribution < 1.29 is 4.79 Å². The highest BCUT2D eigenvalue weighted by atomic mass is 127. The lowest BCUT2D eigenvalue weighted by atomic mass is 10.1. The summed E-state index contributed by atoms with van der Waals surface area (Å²) < 4.78 is 0. The van der Waals surface area contributed by atoms with Gasteiger partial charge < -0.3 is 15.5 Å². The Morgan fingerprint density at radius 1 is 1.07 bits per heavy atom. The van der Waals surface area contributed by atoms with E-state index >= 15 is 0 Å². The highest BCUT2D eigenvalue weighted by Gasteiger charge is 2.29. The van der Waals surface area contributed by atoms with Gasteiger partial charge in [0.15, 0.2) is 5.96 Å². The number of rotatable bonds is 7. The van der Waals surface area contributed by atoms with Gasteiger partial charge in [0.25, 0.3) is 0 Å². The van der Waals surface area contributed by atoms with Crippen LogP contribution in [0.1, 0.15) is 38.2 Å². The van der Waals surface area contributed by atoms with Crippen molar-refractivity contribution in [2.75, 3.05) is 45.8 Å². The van der Waals surface area contributed by atoms with Gasteiger partial charge in [-0.05, 0) is 25.3 Å². The first-order valence-electron chi connectivity index (χ1n) is 10.8. The van der Waals surface area contributed by atoms with Crippen LogP contribution >= 0.6 is 24.0 Å². The van der Waals surface area contributed by atoms with E-state index in [-0.39, 0.29) is 24.0 Å². The topological polar surface area (TPSA) is 60.0 Å². The molecule has 1 aliphatic carbocycles. The van der Waals surface area contributed by atoms with E-state index in [0.717, 1.165) is 64.6 Å². The molecule has 2 fully saturated rings. The van der Waals surface area contributed by atoms with Crippen LogP contribution in [0.4, 0.5) is 0 Å². The van der Waals surface area contributed by atoms with Crippen LogP contribution < -0.4 is 10.6 Å². The minimum Gasteiger partial charge on any atom is -0.357 e. The summed E-state index contributed by atoms with van der Waals surface area (Å²) in [5, 5.41) is 6.74. The van der Waals surface area contributed by atoms with Crippen molar-refractivity contribution >= 4 is 35.8 Å². The molecule has 1 saturated carbocycles. The second kappa shape index (κ2) is 13.1. The maximum Gasteiger partial charge on any atom is 0.225 e. The molecule has 2 N–H and O–H groups in total. The molecule has 0 unspecified atom stereocenters. The minimum atomic E-state index is 0. The van der Waals surface area contributed by atoms with E-state index in [1.807, 2.05) is 18.2 Å². The molecule has 0 spiro atoms. The van der Waals surface area contributed by atoms with Gasteiger partial charge in [-0.1, -0.05) is 43.2 Å². The number of amides is 1. The van der Waals surface area contributed by atoms with Crippen LogP contribution in [0.2, 0.25) is 0 Å². The molecule has 0 atom stereocenters. The first-order chi connectivity index (χ1) is 13.8. The Bertz CT molecular complexity index is 625. The largest absolute Gasteiger partial charge is 0.357 e. The molecule has 1 saturated heterocycles. The van der Waals surface area contributed by atoms with Crippen molar-refractivity contribution in [3.63, 3.8) is 0 Å². The Hall–Kier alpha value is -1.35. The molecule has 29 heavy (non-hydrogen) atoms. The van der Waals surface area contributed by atoms with Gasteiger partial charge in [0.2, 0.25) is 5.91 Å². The number of carbonyl (C=O) groups is 1. The Labute approximate surface area is 192 Å². The lowest BCUT2D eigenvalue weighted by Gasteiger charge is -2.36. The summed E-state index contributed by atoms with van der Waals surface area (Å²) in [5.41, 5.74) is 1.21. The van der Waals surface area contributed by atoms with Crippen molar-refractivity contribution in [2.24, 2.45) is 10.9 Å². The summed E-state index contributed by atoms with van der Waals surface area (Å²) in [6.45, 7) is 9.13. The molecule has 3 rings (SSSR count). The van der Waals surface area contributed by atoms with E-state index in [2.05, 4.69) is 44.5 Å². The lowest BCUT2D eigenvalue weighted by molar-refractivity contribution is -0.137. The van der Waals surface area contributed by atoms with Crippen LogP contribution in [-0.4, -0.2) is 67.5 Å². The minimum absolute atomic E-state index is 0. The summed E-state index contributed by atoms with van der Waals surface area (Å²) in [4.78, 5) is 21.7.